The molecule has 1 fully saturated rings. The maximum Gasteiger partial charge on any atom is 0.437 e. The predicted molar refractivity (Wildman–Crippen MR) is 83.6 cm³/mol. The Morgan fingerprint density at radius 3 is 2.87 bits per heavy atom. The lowest BCUT2D eigenvalue weighted by molar-refractivity contribution is -0.133. The van der Waals surface area contributed by atoms with E-state index in [4.69, 9.17) is 4.42 Å². The van der Waals surface area contributed by atoms with Crippen LogP contribution in [0.3, 0.4) is 0 Å². The van der Waals surface area contributed by atoms with Crippen LogP contribution in [0.2, 0.25) is 0 Å². The third-order valence-electron chi connectivity index (χ3n) is 4.32. The summed E-state index contributed by atoms with van der Waals surface area (Å²) in [6.45, 7) is -0.102. The van der Waals surface area contributed by atoms with E-state index in [0.717, 1.165) is 30.4 Å². The van der Waals surface area contributed by atoms with Crippen LogP contribution in [0, 0.1) is 0 Å². The van der Waals surface area contributed by atoms with E-state index >= 15 is 0 Å². The van der Waals surface area contributed by atoms with E-state index in [9.17, 15) is 9.59 Å². The zero-order valence-corrected chi connectivity index (χ0v) is 13.1. The fourth-order valence-electron chi connectivity index (χ4n) is 2.92. The van der Waals surface area contributed by atoms with Gasteiger partial charge in [-0.2, -0.15) is 4.68 Å². The van der Waals surface area contributed by atoms with Crippen LogP contribution in [0.15, 0.2) is 33.7 Å². The Morgan fingerprint density at radius 1 is 1.39 bits per heavy atom. The summed E-state index contributed by atoms with van der Waals surface area (Å²) in [4.78, 5) is 30.0. The number of carbonyl (C=O) groups is 1. The zero-order valence-electron chi connectivity index (χ0n) is 13.1. The number of pyridine rings is 1. The molecule has 0 radical (unpaired) electrons. The summed E-state index contributed by atoms with van der Waals surface area (Å²) in [6, 6.07) is 3.74. The van der Waals surface area contributed by atoms with Crippen LogP contribution in [-0.4, -0.2) is 38.7 Å². The molecule has 3 rings (SSSR count). The molecule has 2 aromatic rings. The van der Waals surface area contributed by atoms with Gasteiger partial charge >= 0.3 is 5.76 Å². The number of amides is 1. The first kappa shape index (κ1) is 15.5. The van der Waals surface area contributed by atoms with Gasteiger partial charge < -0.3 is 9.32 Å². The highest BCUT2D eigenvalue weighted by atomic mass is 16.4. The minimum Gasteiger partial charge on any atom is -0.388 e. The predicted octanol–water partition coefficient (Wildman–Crippen LogP) is 1.69. The molecule has 1 amide bonds. The molecule has 1 saturated carbocycles. The van der Waals surface area contributed by atoms with Crippen LogP contribution in [0.4, 0.5) is 0 Å². The largest absolute Gasteiger partial charge is 0.437 e. The SMILES string of the molecule is CN(C(=O)Cn1nc(-c2cccnc2)oc1=O)C1CCCCC1. The summed E-state index contributed by atoms with van der Waals surface area (Å²) in [5.74, 6) is -0.574. The number of rotatable bonds is 4. The van der Waals surface area contributed by atoms with Gasteiger partial charge in [0, 0.05) is 25.5 Å². The molecule has 23 heavy (non-hydrogen) atoms. The van der Waals surface area contributed by atoms with E-state index in [1.165, 1.54) is 6.42 Å². The molecule has 7 heteroatoms. The number of carbonyl (C=O) groups excluding carboxylic acids is 1. The molecule has 0 unspecified atom stereocenters. The van der Waals surface area contributed by atoms with Crippen molar-refractivity contribution in [3.05, 3.63) is 35.1 Å². The lowest BCUT2D eigenvalue weighted by atomic mass is 9.94. The van der Waals surface area contributed by atoms with Crippen molar-refractivity contribution in [2.45, 2.75) is 44.7 Å². The van der Waals surface area contributed by atoms with Gasteiger partial charge in [-0.05, 0) is 25.0 Å². The van der Waals surface area contributed by atoms with Crippen LogP contribution >= 0.6 is 0 Å². The first-order valence-corrected chi connectivity index (χ1v) is 7.89. The summed E-state index contributed by atoms with van der Waals surface area (Å²) in [7, 11) is 1.80. The zero-order chi connectivity index (χ0) is 16.2. The second-order valence-electron chi connectivity index (χ2n) is 5.87. The first-order chi connectivity index (χ1) is 11.1. The van der Waals surface area contributed by atoms with Gasteiger partial charge in [-0.15, -0.1) is 5.10 Å². The minimum atomic E-state index is -0.630. The van der Waals surface area contributed by atoms with E-state index in [1.807, 2.05) is 0 Å². The molecule has 122 valence electrons. The van der Waals surface area contributed by atoms with Crippen LogP contribution in [-0.2, 0) is 11.3 Å². The van der Waals surface area contributed by atoms with Crippen molar-refractivity contribution < 1.29 is 9.21 Å². The van der Waals surface area contributed by atoms with E-state index < -0.39 is 5.76 Å². The van der Waals surface area contributed by atoms with Gasteiger partial charge in [0.1, 0.15) is 6.54 Å². The maximum absolute atomic E-state index is 12.4. The summed E-state index contributed by atoms with van der Waals surface area (Å²) in [5.41, 5.74) is 0.608. The average Bonchev–Trinajstić information content (AvgIpc) is 2.96. The quantitative estimate of drug-likeness (QED) is 0.857. The monoisotopic (exact) mass is 316 g/mol. The number of likely N-dealkylation sites (N-methyl/N-ethyl adjacent to an activating group) is 1. The minimum absolute atomic E-state index is 0.102. The van der Waals surface area contributed by atoms with Gasteiger partial charge in [0.25, 0.3) is 5.89 Å². The molecule has 0 aromatic carbocycles. The molecule has 0 spiro atoms. The number of nitrogens with zero attached hydrogens (tertiary/aromatic N) is 4. The first-order valence-electron chi connectivity index (χ1n) is 7.89. The van der Waals surface area contributed by atoms with E-state index in [0.29, 0.717) is 5.56 Å². The van der Waals surface area contributed by atoms with Crippen LogP contribution in [0.25, 0.3) is 11.5 Å². The van der Waals surface area contributed by atoms with Crippen molar-refractivity contribution in [1.29, 1.82) is 0 Å². The summed E-state index contributed by atoms with van der Waals surface area (Å²) < 4.78 is 6.19. The van der Waals surface area contributed by atoms with Crippen molar-refractivity contribution in [1.82, 2.24) is 19.7 Å². The molecule has 0 aliphatic heterocycles. The Morgan fingerprint density at radius 2 is 2.17 bits per heavy atom. The van der Waals surface area contributed by atoms with Gasteiger partial charge in [0.05, 0.1) is 5.56 Å². The molecule has 1 aliphatic carbocycles. The summed E-state index contributed by atoms with van der Waals surface area (Å²) in [6.07, 6.45) is 8.77. The highest BCUT2D eigenvalue weighted by molar-refractivity contribution is 5.76. The third kappa shape index (κ3) is 3.49. The Balaban J connectivity index is 1.71. The van der Waals surface area contributed by atoms with Crippen molar-refractivity contribution in [2.75, 3.05) is 7.05 Å². The second kappa shape index (κ2) is 6.76. The van der Waals surface area contributed by atoms with Gasteiger partial charge in [-0.25, -0.2) is 4.79 Å². The van der Waals surface area contributed by atoms with E-state index in [1.54, 1.807) is 36.5 Å². The molecule has 0 bridgehead atoms. The topological polar surface area (TPSA) is 81.2 Å². The summed E-state index contributed by atoms with van der Waals surface area (Å²) >= 11 is 0. The fraction of sp³-hybridized carbons (Fsp3) is 0.500. The molecule has 2 heterocycles. The Kier molecular flexibility index (Phi) is 4.55. The van der Waals surface area contributed by atoms with Crippen molar-refractivity contribution in [3.63, 3.8) is 0 Å². The van der Waals surface area contributed by atoms with Crippen molar-refractivity contribution in [2.24, 2.45) is 0 Å². The number of hydrogen-bond donors (Lipinski definition) is 0. The van der Waals surface area contributed by atoms with Gasteiger partial charge in [-0.1, -0.05) is 19.3 Å². The molecular weight excluding hydrogens is 296 g/mol. The Bertz CT molecular complexity index is 716. The molecular formula is C16H20N4O3. The smallest absolute Gasteiger partial charge is 0.388 e. The van der Waals surface area contributed by atoms with Crippen LogP contribution in [0.1, 0.15) is 32.1 Å². The molecule has 1 aliphatic rings. The number of hydrogen-bond acceptors (Lipinski definition) is 5. The Hall–Kier alpha value is -2.44. The number of aromatic nitrogens is 3. The second-order valence-corrected chi connectivity index (χ2v) is 5.87. The molecule has 0 atom stereocenters. The fourth-order valence-corrected chi connectivity index (χ4v) is 2.92. The normalized spacial score (nSPS) is 15.5. The lowest BCUT2D eigenvalue weighted by Gasteiger charge is -2.31. The van der Waals surface area contributed by atoms with Crippen molar-refractivity contribution >= 4 is 5.91 Å². The lowest BCUT2D eigenvalue weighted by Crippen LogP contribution is -2.41. The standard InChI is InChI=1S/C16H20N4O3/c1-19(13-7-3-2-4-8-13)14(21)11-20-16(22)23-15(18-20)12-6-5-9-17-10-12/h5-6,9-10,13H,2-4,7-8,11H2,1H3. The molecule has 0 N–H and O–H groups in total. The third-order valence-corrected chi connectivity index (χ3v) is 4.32. The molecule has 0 saturated heterocycles. The highest BCUT2D eigenvalue weighted by Gasteiger charge is 2.23. The van der Waals surface area contributed by atoms with E-state index in [2.05, 4.69) is 10.1 Å². The van der Waals surface area contributed by atoms with Gasteiger partial charge in [0.15, 0.2) is 0 Å². The molecule has 2 aromatic heterocycles. The average molecular weight is 316 g/mol. The van der Waals surface area contributed by atoms with Gasteiger partial charge in [-0.3, -0.25) is 9.78 Å². The molecule has 7 nitrogen and oxygen atoms in total. The van der Waals surface area contributed by atoms with Crippen LogP contribution < -0.4 is 5.76 Å². The van der Waals surface area contributed by atoms with Gasteiger partial charge in [0.2, 0.25) is 5.91 Å². The van der Waals surface area contributed by atoms with Crippen molar-refractivity contribution in [3.8, 4) is 11.5 Å². The highest BCUT2D eigenvalue weighted by Crippen LogP contribution is 2.21. The van der Waals surface area contributed by atoms with E-state index in [-0.39, 0.29) is 24.4 Å². The maximum atomic E-state index is 12.4. The Labute approximate surface area is 133 Å². The summed E-state index contributed by atoms with van der Waals surface area (Å²) in [5, 5.41) is 4.10. The van der Waals surface area contributed by atoms with Crippen LogP contribution in [0.5, 0.6) is 0 Å².